The van der Waals surface area contributed by atoms with E-state index in [9.17, 15) is 9.00 Å². The van der Waals surface area contributed by atoms with Crippen molar-refractivity contribution in [2.45, 2.75) is 37.7 Å². The second-order valence-electron chi connectivity index (χ2n) is 6.97. The molecule has 0 bridgehead atoms. The minimum atomic E-state index is -1.41. The first-order valence-electron chi connectivity index (χ1n) is 8.55. The fraction of sp³-hybridized carbons (Fsp3) is 0.286. The molecule has 0 aliphatic rings. The maximum atomic E-state index is 12.7. The molecule has 0 saturated carbocycles. The number of halogens is 1. The van der Waals surface area contributed by atoms with Crippen LogP contribution in [0.2, 0.25) is 5.02 Å². The summed E-state index contributed by atoms with van der Waals surface area (Å²) in [5.41, 5.74) is 1.11. The van der Waals surface area contributed by atoms with Gasteiger partial charge in [-0.25, -0.2) is 13.7 Å². The molecule has 2 aromatic rings. The van der Waals surface area contributed by atoms with Crippen molar-refractivity contribution >= 4 is 28.6 Å². The Morgan fingerprint density at radius 3 is 2.30 bits per heavy atom. The molecule has 2 rings (SSSR count). The Morgan fingerprint density at radius 1 is 1.15 bits per heavy atom. The summed E-state index contributed by atoms with van der Waals surface area (Å²) in [5, 5.41) is 0.489. The maximum absolute atomic E-state index is 12.7. The van der Waals surface area contributed by atoms with Crippen LogP contribution in [0.25, 0.3) is 0 Å². The smallest absolute Gasteiger partial charge is 0.338 e. The second-order valence-corrected chi connectivity index (χ2v) is 9.37. The zero-order valence-corrected chi connectivity index (χ0v) is 17.2. The summed E-state index contributed by atoms with van der Waals surface area (Å²) >= 11 is 6.36. The van der Waals surface area contributed by atoms with E-state index in [1.807, 2.05) is 45.0 Å². The van der Waals surface area contributed by atoms with Crippen molar-refractivity contribution in [3.63, 3.8) is 0 Å². The zero-order chi connectivity index (χ0) is 20.0. The quantitative estimate of drug-likeness (QED) is 0.529. The molecule has 0 spiro atoms. The molecule has 2 aromatic carbocycles. The summed E-state index contributed by atoms with van der Waals surface area (Å²) in [6.07, 6.45) is 0.755. The third kappa shape index (κ3) is 5.76. The van der Waals surface area contributed by atoms with E-state index in [1.165, 1.54) is 6.08 Å². The minimum absolute atomic E-state index is 0.430. The Labute approximate surface area is 168 Å². The van der Waals surface area contributed by atoms with Gasteiger partial charge in [-0.3, -0.25) is 0 Å². The molecule has 1 unspecified atom stereocenters. The molecular weight excluding hydrogens is 382 g/mol. The van der Waals surface area contributed by atoms with Crippen molar-refractivity contribution in [2.75, 3.05) is 0 Å². The molecule has 0 saturated heterocycles. The van der Waals surface area contributed by atoms with Crippen molar-refractivity contribution in [1.82, 2.24) is 4.72 Å². The van der Waals surface area contributed by atoms with Crippen LogP contribution in [0.5, 0.6) is 0 Å². The van der Waals surface area contributed by atoms with Gasteiger partial charge in [-0.1, -0.05) is 54.6 Å². The summed E-state index contributed by atoms with van der Waals surface area (Å²) in [6.45, 7) is 9.37. The van der Waals surface area contributed by atoms with Crippen LogP contribution in [0.15, 0.2) is 67.3 Å². The van der Waals surface area contributed by atoms with Gasteiger partial charge in [0.1, 0.15) is 6.10 Å². The molecule has 144 valence electrons. The SMILES string of the molecule is C=C[C@@H](OC(=O)c1ccccc1)[C@@H](NS(=O)C(C)(C)C)c1ccccc1Cl. The van der Waals surface area contributed by atoms with E-state index in [1.54, 1.807) is 30.3 Å². The van der Waals surface area contributed by atoms with Crippen molar-refractivity contribution in [2.24, 2.45) is 0 Å². The summed E-state index contributed by atoms with van der Waals surface area (Å²) < 4.78 is 20.9. The molecule has 0 fully saturated rings. The van der Waals surface area contributed by atoms with Gasteiger partial charge >= 0.3 is 5.97 Å². The highest BCUT2D eigenvalue weighted by atomic mass is 35.5. The summed E-state index contributed by atoms with van der Waals surface area (Å²) in [5.74, 6) is -0.485. The molecule has 3 atom stereocenters. The number of carbonyl (C=O) groups is 1. The second kappa shape index (κ2) is 9.31. The lowest BCUT2D eigenvalue weighted by Crippen LogP contribution is -2.41. The molecule has 1 N–H and O–H groups in total. The average Bonchev–Trinajstić information content (AvgIpc) is 2.64. The van der Waals surface area contributed by atoms with E-state index in [-0.39, 0.29) is 0 Å². The van der Waals surface area contributed by atoms with Gasteiger partial charge in [0.25, 0.3) is 0 Å². The fourth-order valence-electron chi connectivity index (χ4n) is 2.35. The van der Waals surface area contributed by atoms with E-state index in [2.05, 4.69) is 11.3 Å². The van der Waals surface area contributed by atoms with Crippen LogP contribution in [-0.4, -0.2) is 21.0 Å². The van der Waals surface area contributed by atoms with Gasteiger partial charge < -0.3 is 4.74 Å². The van der Waals surface area contributed by atoms with Gasteiger partial charge in [0.05, 0.1) is 27.3 Å². The Morgan fingerprint density at radius 2 is 1.74 bits per heavy atom. The predicted molar refractivity (Wildman–Crippen MR) is 111 cm³/mol. The van der Waals surface area contributed by atoms with Crippen LogP contribution in [0.3, 0.4) is 0 Å². The van der Waals surface area contributed by atoms with Crippen molar-refractivity contribution in [1.29, 1.82) is 0 Å². The molecule has 0 aromatic heterocycles. The Bertz CT molecular complexity index is 818. The Kier molecular flexibility index (Phi) is 7.36. The highest BCUT2D eigenvalue weighted by molar-refractivity contribution is 7.84. The summed E-state index contributed by atoms with van der Waals surface area (Å²) in [6, 6.07) is 15.3. The minimum Gasteiger partial charge on any atom is -0.452 e. The highest BCUT2D eigenvalue weighted by Gasteiger charge is 2.31. The van der Waals surface area contributed by atoms with Crippen LogP contribution in [0.4, 0.5) is 0 Å². The molecule has 0 amide bonds. The van der Waals surface area contributed by atoms with Crippen LogP contribution in [0.1, 0.15) is 42.7 Å². The van der Waals surface area contributed by atoms with Crippen LogP contribution >= 0.6 is 11.6 Å². The largest absolute Gasteiger partial charge is 0.452 e. The van der Waals surface area contributed by atoms with E-state index < -0.39 is 33.8 Å². The molecular formula is C21H24ClNO3S. The van der Waals surface area contributed by atoms with Crippen molar-refractivity contribution in [3.05, 3.63) is 83.4 Å². The third-order valence-corrected chi connectivity index (χ3v) is 5.77. The molecule has 0 heterocycles. The lowest BCUT2D eigenvalue weighted by Gasteiger charge is -2.29. The standard InChI is InChI=1S/C21H24ClNO3S/c1-5-18(26-20(24)15-11-7-6-8-12-15)19(23-27(25)21(2,3)4)16-13-9-10-14-17(16)22/h5-14,18-19,23H,1H2,2-4H3/t18-,19+,27?/m1/s1. The van der Waals surface area contributed by atoms with Gasteiger partial charge in [-0.2, -0.15) is 0 Å². The van der Waals surface area contributed by atoms with Crippen LogP contribution in [0, 0.1) is 0 Å². The Hall–Kier alpha value is -1.95. The van der Waals surface area contributed by atoms with Gasteiger partial charge in [-0.15, -0.1) is 0 Å². The normalized spacial score (nSPS) is 14.8. The fourth-order valence-corrected chi connectivity index (χ4v) is 3.44. The monoisotopic (exact) mass is 405 g/mol. The number of benzene rings is 2. The number of nitrogens with one attached hydrogen (secondary N) is 1. The average molecular weight is 406 g/mol. The first-order valence-corrected chi connectivity index (χ1v) is 10.1. The number of ether oxygens (including phenoxy) is 1. The summed E-state index contributed by atoms with van der Waals surface area (Å²) in [7, 11) is -1.41. The number of carbonyl (C=O) groups excluding carboxylic acids is 1. The van der Waals surface area contributed by atoms with Crippen LogP contribution < -0.4 is 4.72 Å². The van der Waals surface area contributed by atoms with E-state index >= 15 is 0 Å². The lowest BCUT2D eigenvalue weighted by molar-refractivity contribution is 0.0337. The zero-order valence-electron chi connectivity index (χ0n) is 15.6. The molecule has 0 radical (unpaired) electrons. The van der Waals surface area contributed by atoms with E-state index in [0.717, 1.165) is 0 Å². The van der Waals surface area contributed by atoms with Crippen molar-refractivity contribution in [3.8, 4) is 0 Å². The lowest BCUT2D eigenvalue weighted by atomic mass is 10.0. The topological polar surface area (TPSA) is 55.4 Å². The molecule has 6 heteroatoms. The first-order chi connectivity index (χ1) is 12.7. The number of hydrogen-bond donors (Lipinski definition) is 1. The molecule has 0 aliphatic heterocycles. The number of hydrogen-bond acceptors (Lipinski definition) is 3. The van der Waals surface area contributed by atoms with Crippen LogP contribution in [-0.2, 0) is 15.7 Å². The van der Waals surface area contributed by atoms with E-state index in [4.69, 9.17) is 16.3 Å². The van der Waals surface area contributed by atoms with Gasteiger partial charge in [0, 0.05) is 5.02 Å². The molecule has 0 aliphatic carbocycles. The van der Waals surface area contributed by atoms with Crippen molar-refractivity contribution < 1.29 is 13.7 Å². The van der Waals surface area contributed by atoms with Gasteiger partial charge in [0.15, 0.2) is 0 Å². The predicted octanol–water partition coefficient (Wildman–Crippen LogP) is 4.84. The number of rotatable bonds is 7. The molecule has 4 nitrogen and oxygen atoms in total. The Balaban J connectivity index is 2.35. The van der Waals surface area contributed by atoms with Gasteiger partial charge in [0.2, 0.25) is 0 Å². The highest BCUT2D eigenvalue weighted by Crippen LogP contribution is 2.29. The van der Waals surface area contributed by atoms with E-state index in [0.29, 0.717) is 16.1 Å². The van der Waals surface area contributed by atoms with Gasteiger partial charge in [-0.05, 0) is 50.6 Å². The molecule has 27 heavy (non-hydrogen) atoms. The number of esters is 1. The maximum Gasteiger partial charge on any atom is 0.338 e. The third-order valence-electron chi connectivity index (χ3n) is 3.84. The first kappa shape index (κ1) is 21.4. The summed E-state index contributed by atoms with van der Waals surface area (Å²) in [4.78, 5) is 12.5.